The molecule has 0 bridgehead atoms. The Hall–Kier alpha value is -1.47. The summed E-state index contributed by atoms with van der Waals surface area (Å²) in [5.74, 6) is 0. The Labute approximate surface area is 102 Å². The Morgan fingerprint density at radius 3 is 2.44 bits per heavy atom. The number of halogens is 1. The van der Waals surface area contributed by atoms with Gasteiger partial charge in [-0.1, -0.05) is 12.8 Å². The average Bonchev–Trinajstić information content (AvgIpc) is 2.72. The predicted molar refractivity (Wildman–Crippen MR) is 60.8 cm³/mol. The molecule has 0 aromatic carbocycles. The van der Waals surface area contributed by atoms with Crippen LogP contribution in [0.3, 0.4) is 0 Å². The summed E-state index contributed by atoms with van der Waals surface area (Å²) in [5.41, 5.74) is -2.91. The normalized spacial score (nSPS) is 19.1. The number of aliphatic hydroxyl groups is 2. The van der Waals surface area contributed by atoms with Crippen LogP contribution in [0.2, 0.25) is 0 Å². The number of hydrogen-bond donors (Lipinski definition) is 3. The van der Waals surface area contributed by atoms with Crippen molar-refractivity contribution < 1.29 is 14.6 Å². The van der Waals surface area contributed by atoms with Gasteiger partial charge in [0.25, 0.3) is 5.56 Å². The van der Waals surface area contributed by atoms with Crippen molar-refractivity contribution in [2.24, 2.45) is 0 Å². The lowest BCUT2D eigenvalue weighted by atomic mass is 9.94. The first-order valence-electron chi connectivity index (χ1n) is 5.75. The maximum Gasteiger partial charge on any atom is 0.339 e. The van der Waals surface area contributed by atoms with Crippen LogP contribution >= 0.6 is 0 Å². The van der Waals surface area contributed by atoms with Crippen molar-refractivity contribution in [3.63, 3.8) is 0 Å². The first-order valence-corrected chi connectivity index (χ1v) is 5.75. The fraction of sp³-hybridized carbons (Fsp3) is 0.636. The van der Waals surface area contributed by atoms with E-state index in [2.05, 4.69) is 0 Å². The zero-order chi connectivity index (χ0) is 13.6. The van der Waals surface area contributed by atoms with Crippen LogP contribution in [0.25, 0.3) is 0 Å². The molecule has 7 heteroatoms. The lowest BCUT2D eigenvalue weighted by molar-refractivity contribution is -0.320. The number of aromatic amines is 1. The number of aromatic nitrogens is 2. The van der Waals surface area contributed by atoms with Crippen LogP contribution in [0.15, 0.2) is 15.8 Å². The molecule has 0 spiro atoms. The van der Waals surface area contributed by atoms with E-state index in [-0.39, 0.29) is 18.4 Å². The second-order valence-corrected chi connectivity index (χ2v) is 4.77. The van der Waals surface area contributed by atoms with E-state index in [9.17, 15) is 24.2 Å². The van der Waals surface area contributed by atoms with Crippen LogP contribution in [0, 0.1) is 6.92 Å². The molecule has 0 unspecified atom stereocenters. The summed E-state index contributed by atoms with van der Waals surface area (Å²) in [7, 11) is 0. The van der Waals surface area contributed by atoms with Crippen LogP contribution in [0.1, 0.15) is 31.2 Å². The van der Waals surface area contributed by atoms with Crippen molar-refractivity contribution in [1.82, 2.24) is 9.55 Å². The van der Waals surface area contributed by atoms with Gasteiger partial charge >= 0.3 is 11.7 Å². The highest BCUT2D eigenvalue weighted by atomic mass is 19.2. The topological polar surface area (TPSA) is 95.3 Å². The molecule has 1 heterocycles. The minimum Gasteiger partial charge on any atom is -0.338 e. The number of hydrogen-bond acceptors (Lipinski definition) is 4. The van der Waals surface area contributed by atoms with Crippen molar-refractivity contribution >= 4 is 0 Å². The predicted octanol–water partition coefficient (Wildman–Crippen LogP) is -0.278. The van der Waals surface area contributed by atoms with E-state index in [0.717, 1.165) is 4.57 Å². The minimum atomic E-state index is -3.50. The quantitative estimate of drug-likeness (QED) is 0.636. The van der Waals surface area contributed by atoms with Gasteiger partial charge in [-0.2, -0.15) is 4.39 Å². The first kappa shape index (κ1) is 13.0. The molecule has 3 N–H and O–H groups in total. The van der Waals surface area contributed by atoms with Crippen molar-refractivity contribution in [2.45, 2.75) is 44.2 Å². The van der Waals surface area contributed by atoms with Crippen LogP contribution in [0.5, 0.6) is 0 Å². The second-order valence-electron chi connectivity index (χ2n) is 4.77. The summed E-state index contributed by atoms with van der Waals surface area (Å²) in [5, 5.41) is 18.7. The van der Waals surface area contributed by atoms with E-state index < -0.39 is 22.8 Å². The van der Waals surface area contributed by atoms with Gasteiger partial charge in [0.05, 0.1) is 0 Å². The Bertz CT molecular complexity index is 564. The molecular weight excluding hydrogens is 243 g/mol. The number of nitrogens with zero attached hydrogens (tertiary/aromatic N) is 1. The monoisotopic (exact) mass is 258 g/mol. The summed E-state index contributed by atoms with van der Waals surface area (Å²) in [4.78, 5) is 25.1. The van der Waals surface area contributed by atoms with Gasteiger partial charge in [-0.25, -0.2) is 4.79 Å². The van der Waals surface area contributed by atoms with E-state index in [1.165, 1.54) is 13.1 Å². The fourth-order valence-corrected chi connectivity index (χ4v) is 2.56. The summed E-state index contributed by atoms with van der Waals surface area (Å²) >= 11 is 0. The molecule has 2 rings (SSSR count). The molecule has 0 aliphatic heterocycles. The number of rotatable bonds is 2. The molecular formula is C11H15FN2O4. The lowest BCUT2D eigenvalue weighted by Crippen LogP contribution is -2.55. The summed E-state index contributed by atoms with van der Waals surface area (Å²) in [6.07, 6.45) is 2.59. The molecule has 0 radical (unpaired) electrons. The highest BCUT2D eigenvalue weighted by molar-refractivity contribution is 5.07. The van der Waals surface area contributed by atoms with Gasteiger partial charge in [0.2, 0.25) is 0 Å². The Balaban J connectivity index is 2.68. The van der Waals surface area contributed by atoms with Gasteiger partial charge < -0.3 is 10.2 Å². The smallest absolute Gasteiger partial charge is 0.338 e. The second kappa shape index (κ2) is 4.03. The largest absolute Gasteiger partial charge is 0.339 e. The molecule has 1 saturated carbocycles. The van der Waals surface area contributed by atoms with Crippen LogP contribution in [0.4, 0.5) is 4.39 Å². The summed E-state index contributed by atoms with van der Waals surface area (Å²) in [6.45, 7) is 1.46. The third kappa shape index (κ3) is 1.79. The van der Waals surface area contributed by atoms with Crippen LogP contribution in [-0.4, -0.2) is 25.8 Å². The zero-order valence-corrected chi connectivity index (χ0v) is 9.94. The first-order chi connectivity index (χ1) is 8.28. The summed E-state index contributed by atoms with van der Waals surface area (Å²) in [6, 6.07) is -3.50. The van der Waals surface area contributed by atoms with Crippen LogP contribution in [-0.2, 0) is 5.54 Å². The minimum absolute atomic E-state index is 0.127. The molecule has 1 aromatic heterocycles. The van der Waals surface area contributed by atoms with Gasteiger partial charge in [-0.3, -0.25) is 14.3 Å². The molecule has 0 amide bonds. The van der Waals surface area contributed by atoms with E-state index in [0.29, 0.717) is 12.8 Å². The third-order valence-electron chi connectivity index (χ3n) is 3.60. The van der Waals surface area contributed by atoms with Gasteiger partial charge in [0, 0.05) is 11.8 Å². The van der Waals surface area contributed by atoms with Crippen molar-refractivity contribution in [3.05, 3.63) is 32.6 Å². The molecule has 100 valence electrons. The molecule has 1 aliphatic carbocycles. The number of aryl methyl sites for hydroxylation is 1. The van der Waals surface area contributed by atoms with E-state index in [1.807, 2.05) is 4.98 Å². The third-order valence-corrected chi connectivity index (χ3v) is 3.60. The maximum atomic E-state index is 13.7. The number of alkyl halides is 1. The number of H-pyrrole nitrogens is 1. The maximum absolute atomic E-state index is 13.7. The molecule has 1 aliphatic rings. The van der Waals surface area contributed by atoms with Crippen molar-refractivity contribution in [1.29, 1.82) is 0 Å². The Kier molecular flexibility index (Phi) is 2.90. The van der Waals surface area contributed by atoms with Crippen molar-refractivity contribution in [2.75, 3.05) is 0 Å². The van der Waals surface area contributed by atoms with Gasteiger partial charge in [0.15, 0.2) is 0 Å². The highest BCUT2D eigenvalue weighted by Crippen LogP contribution is 2.43. The molecule has 6 nitrogen and oxygen atoms in total. The Morgan fingerprint density at radius 1 is 1.39 bits per heavy atom. The zero-order valence-electron chi connectivity index (χ0n) is 9.94. The highest BCUT2D eigenvalue weighted by Gasteiger charge is 2.54. The molecule has 1 aromatic rings. The average molecular weight is 258 g/mol. The molecule has 1 fully saturated rings. The molecule has 18 heavy (non-hydrogen) atoms. The van der Waals surface area contributed by atoms with Gasteiger partial charge in [-0.15, -0.1) is 0 Å². The van der Waals surface area contributed by atoms with Crippen molar-refractivity contribution in [3.8, 4) is 0 Å². The van der Waals surface area contributed by atoms with Gasteiger partial charge in [-0.05, 0) is 19.8 Å². The molecule has 0 saturated heterocycles. The van der Waals surface area contributed by atoms with Gasteiger partial charge in [0.1, 0.15) is 5.54 Å². The fourth-order valence-electron chi connectivity index (χ4n) is 2.56. The van der Waals surface area contributed by atoms with Crippen LogP contribution < -0.4 is 11.2 Å². The Morgan fingerprint density at radius 2 is 1.94 bits per heavy atom. The van der Waals surface area contributed by atoms with E-state index >= 15 is 0 Å². The van der Waals surface area contributed by atoms with E-state index in [1.54, 1.807) is 0 Å². The standard InChI is InChI=1S/C11H15FN2O4/c1-7-6-14(9(16)13-8(7)15)10(11(12,17)18)4-2-3-5-10/h6,17-18H,2-5H2,1H3,(H,13,15,16). The molecule has 0 atom stereocenters. The lowest BCUT2D eigenvalue weighted by Gasteiger charge is -2.36. The summed E-state index contributed by atoms with van der Waals surface area (Å²) < 4.78 is 14.6. The van der Waals surface area contributed by atoms with E-state index in [4.69, 9.17) is 0 Å². The SMILES string of the molecule is Cc1cn(C2(C(O)(O)F)CCCC2)c(=O)[nH]c1=O. The number of nitrogens with one attached hydrogen (secondary N) is 1.